The largest absolute Gasteiger partial charge is 0.349 e. The summed E-state index contributed by atoms with van der Waals surface area (Å²) in [7, 11) is 0. The Morgan fingerprint density at radius 2 is 1.74 bits per heavy atom. The number of aromatic nitrogens is 3. The van der Waals surface area contributed by atoms with E-state index in [0.717, 1.165) is 10.2 Å². The second-order valence-corrected chi connectivity index (χ2v) is 6.05. The van der Waals surface area contributed by atoms with E-state index in [4.69, 9.17) is 0 Å². The maximum atomic E-state index is 4.42. The molecule has 0 saturated carbocycles. The van der Waals surface area contributed by atoms with E-state index in [0.29, 0.717) is 18.3 Å². The Morgan fingerprint density at radius 1 is 1.00 bits per heavy atom. The summed E-state index contributed by atoms with van der Waals surface area (Å²) in [5.41, 5.74) is 3.36. The van der Waals surface area contributed by atoms with Gasteiger partial charge in [-0.3, -0.25) is 0 Å². The number of halogens is 1. The third kappa shape index (κ3) is 4.50. The summed E-state index contributed by atoms with van der Waals surface area (Å²) in [6.45, 7) is 2.73. The van der Waals surface area contributed by atoms with Gasteiger partial charge in [-0.2, -0.15) is 10.1 Å². The first kappa shape index (κ1) is 15.4. The Morgan fingerprint density at radius 3 is 2.48 bits per heavy atom. The Labute approximate surface area is 143 Å². The van der Waals surface area contributed by atoms with Crippen molar-refractivity contribution in [2.45, 2.75) is 13.5 Å². The Kier molecular flexibility index (Phi) is 4.83. The van der Waals surface area contributed by atoms with E-state index >= 15 is 0 Å². The van der Waals surface area contributed by atoms with Crippen molar-refractivity contribution < 1.29 is 0 Å². The highest BCUT2D eigenvalue weighted by Crippen LogP contribution is 2.18. The van der Waals surface area contributed by atoms with E-state index in [1.54, 1.807) is 6.20 Å². The molecular weight excluding hydrogens is 354 g/mol. The molecule has 116 valence electrons. The second kappa shape index (κ2) is 7.19. The number of benzene rings is 2. The van der Waals surface area contributed by atoms with Gasteiger partial charge in [0.25, 0.3) is 0 Å². The van der Waals surface area contributed by atoms with Crippen LogP contribution in [0.3, 0.4) is 0 Å². The molecule has 0 aliphatic heterocycles. The molecule has 23 heavy (non-hydrogen) atoms. The smallest absolute Gasteiger partial charge is 0.244 e. The quantitative estimate of drug-likeness (QED) is 0.701. The maximum absolute atomic E-state index is 4.42. The van der Waals surface area contributed by atoms with Crippen LogP contribution in [0, 0.1) is 6.92 Å². The van der Waals surface area contributed by atoms with Gasteiger partial charge in [0, 0.05) is 16.7 Å². The summed E-state index contributed by atoms with van der Waals surface area (Å²) >= 11 is 3.41. The third-order valence-electron chi connectivity index (χ3n) is 3.25. The number of rotatable bonds is 5. The predicted molar refractivity (Wildman–Crippen MR) is 95.8 cm³/mol. The van der Waals surface area contributed by atoms with Gasteiger partial charge in [0.05, 0.1) is 6.20 Å². The lowest BCUT2D eigenvalue weighted by Gasteiger charge is -2.08. The molecule has 0 atom stereocenters. The first-order valence-electron chi connectivity index (χ1n) is 7.21. The normalized spacial score (nSPS) is 10.3. The maximum Gasteiger partial charge on any atom is 0.244 e. The minimum absolute atomic E-state index is 0.493. The summed E-state index contributed by atoms with van der Waals surface area (Å²) in [5.74, 6) is 1.14. The van der Waals surface area contributed by atoms with Crippen molar-refractivity contribution in [3.05, 3.63) is 70.3 Å². The minimum atomic E-state index is 0.493. The molecule has 0 aliphatic rings. The molecule has 3 aromatic rings. The van der Waals surface area contributed by atoms with Crippen LogP contribution in [0.5, 0.6) is 0 Å². The highest BCUT2D eigenvalue weighted by Gasteiger charge is 2.02. The fourth-order valence-corrected chi connectivity index (χ4v) is 2.27. The molecule has 1 heterocycles. The van der Waals surface area contributed by atoms with Crippen molar-refractivity contribution in [3.8, 4) is 0 Å². The first-order chi connectivity index (χ1) is 11.2. The van der Waals surface area contributed by atoms with Gasteiger partial charge in [0.2, 0.25) is 5.95 Å². The van der Waals surface area contributed by atoms with Crippen molar-refractivity contribution >= 4 is 33.4 Å². The number of hydrogen-bond acceptors (Lipinski definition) is 5. The molecular formula is C17H16BrN5. The second-order valence-electron chi connectivity index (χ2n) is 5.14. The fraction of sp³-hybridized carbons (Fsp3) is 0.118. The van der Waals surface area contributed by atoms with Gasteiger partial charge in [-0.25, -0.2) is 0 Å². The van der Waals surface area contributed by atoms with Crippen molar-refractivity contribution in [2.24, 2.45) is 0 Å². The number of hydrogen-bond donors (Lipinski definition) is 2. The van der Waals surface area contributed by atoms with Crippen molar-refractivity contribution in [2.75, 3.05) is 10.6 Å². The Bertz CT molecular complexity index is 772. The molecule has 0 spiro atoms. The van der Waals surface area contributed by atoms with E-state index in [2.05, 4.69) is 72.9 Å². The summed E-state index contributed by atoms with van der Waals surface area (Å²) in [4.78, 5) is 4.42. The number of nitrogens with zero attached hydrogens (tertiary/aromatic N) is 3. The number of aryl methyl sites for hydroxylation is 1. The van der Waals surface area contributed by atoms with Crippen LogP contribution in [0.25, 0.3) is 0 Å². The zero-order chi connectivity index (χ0) is 16.1. The SMILES string of the molecule is Cc1ccc(CNc2nncc(Nc3ccc(Br)cc3)n2)cc1. The topological polar surface area (TPSA) is 62.7 Å². The van der Waals surface area contributed by atoms with E-state index in [1.807, 2.05) is 24.3 Å². The van der Waals surface area contributed by atoms with Crippen LogP contribution >= 0.6 is 15.9 Å². The molecule has 0 saturated heterocycles. The fourth-order valence-electron chi connectivity index (χ4n) is 2.01. The van der Waals surface area contributed by atoms with Crippen LogP contribution in [0.15, 0.2) is 59.2 Å². The summed E-state index contributed by atoms with van der Waals surface area (Å²) in [6.07, 6.45) is 1.60. The average Bonchev–Trinajstić information content (AvgIpc) is 2.57. The highest BCUT2D eigenvalue weighted by molar-refractivity contribution is 9.10. The molecule has 5 nitrogen and oxygen atoms in total. The average molecular weight is 370 g/mol. The monoisotopic (exact) mass is 369 g/mol. The molecule has 0 aliphatic carbocycles. The van der Waals surface area contributed by atoms with Gasteiger partial charge in [0.1, 0.15) is 0 Å². The number of nitrogens with one attached hydrogen (secondary N) is 2. The summed E-state index contributed by atoms with van der Waals surface area (Å²) < 4.78 is 1.03. The van der Waals surface area contributed by atoms with Crippen LogP contribution < -0.4 is 10.6 Å². The van der Waals surface area contributed by atoms with Gasteiger partial charge in [-0.05, 0) is 36.8 Å². The lowest BCUT2D eigenvalue weighted by molar-refractivity contribution is 0.948. The van der Waals surface area contributed by atoms with Gasteiger partial charge in [-0.1, -0.05) is 45.8 Å². The van der Waals surface area contributed by atoms with Crippen molar-refractivity contribution in [3.63, 3.8) is 0 Å². The predicted octanol–water partition coefficient (Wildman–Crippen LogP) is 4.30. The molecule has 0 bridgehead atoms. The van der Waals surface area contributed by atoms with Crippen molar-refractivity contribution in [1.82, 2.24) is 15.2 Å². The highest BCUT2D eigenvalue weighted by atomic mass is 79.9. The van der Waals surface area contributed by atoms with Gasteiger partial charge < -0.3 is 10.6 Å². The molecule has 3 rings (SSSR count). The lowest BCUT2D eigenvalue weighted by Crippen LogP contribution is -2.06. The number of anilines is 3. The molecule has 1 aromatic heterocycles. The van der Waals surface area contributed by atoms with Crippen LogP contribution in [0.2, 0.25) is 0 Å². The zero-order valence-electron chi connectivity index (χ0n) is 12.6. The summed E-state index contributed by atoms with van der Waals surface area (Å²) in [5, 5.41) is 14.4. The van der Waals surface area contributed by atoms with Gasteiger partial charge in [-0.15, -0.1) is 5.10 Å². The Hall–Kier alpha value is -2.47. The minimum Gasteiger partial charge on any atom is -0.349 e. The lowest BCUT2D eigenvalue weighted by atomic mass is 10.1. The van der Waals surface area contributed by atoms with E-state index < -0.39 is 0 Å². The standard InChI is InChI=1S/C17H16BrN5/c1-12-2-4-13(5-3-12)10-19-17-22-16(11-20-23-17)21-15-8-6-14(18)7-9-15/h2-9,11H,10H2,1H3,(H2,19,21,22,23). The molecule has 2 aromatic carbocycles. The molecule has 0 radical (unpaired) electrons. The molecule has 0 amide bonds. The third-order valence-corrected chi connectivity index (χ3v) is 3.78. The molecule has 6 heteroatoms. The summed E-state index contributed by atoms with van der Waals surface area (Å²) in [6, 6.07) is 16.2. The van der Waals surface area contributed by atoms with Crippen molar-refractivity contribution in [1.29, 1.82) is 0 Å². The van der Waals surface area contributed by atoms with Crippen LogP contribution in [-0.4, -0.2) is 15.2 Å². The van der Waals surface area contributed by atoms with E-state index in [-0.39, 0.29) is 0 Å². The van der Waals surface area contributed by atoms with Gasteiger partial charge >= 0.3 is 0 Å². The van der Waals surface area contributed by atoms with E-state index in [9.17, 15) is 0 Å². The van der Waals surface area contributed by atoms with Gasteiger partial charge in [0.15, 0.2) is 5.82 Å². The molecule has 2 N–H and O–H groups in total. The van der Waals surface area contributed by atoms with Crippen LogP contribution in [-0.2, 0) is 6.54 Å². The Balaban J connectivity index is 1.65. The van der Waals surface area contributed by atoms with Crippen LogP contribution in [0.1, 0.15) is 11.1 Å². The van der Waals surface area contributed by atoms with E-state index in [1.165, 1.54) is 11.1 Å². The molecule has 0 fully saturated rings. The first-order valence-corrected chi connectivity index (χ1v) is 8.00. The van der Waals surface area contributed by atoms with Crippen LogP contribution in [0.4, 0.5) is 17.5 Å². The molecule has 0 unspecified atom stereocenters. The zero-order valence-corrected chi connectivity index (χ0v) is 14.2.